The summed E-state index contributed by atoms with van der Waals surface area (Å²) in [5.41, 5.74) is 0.976. The number of ether oxygens (including phenoxy) is 1. The lowest BCUT2D eigenvalue weighted by atomic mass is 10.2. The molecular formula is C16H18N2O3S. The molecule has 0 N–H and O–H groups in total. The summed E-state index contributed by atoms with van der Waals surface area (Å²) < 4.78 is 4.93. The van der Waals surface area contributed by atoms with Crippen molar-refractivity contribution in [1.82, 2.24) is 9.88 Å². The van der Waals surface area contributed by atoms with Gasteiger partial charge in [-0.05, 0) is 36.1 Å². The number of aromatic nitrogens is 1. The van der Waals surface area contributed by atoms with Crippen LogP contribution in [0.25, 0.3) is 0 Å². The Morgan fingerprint density at radius 3 is 2.68 bits per heavy atom. The van der Waals surface area contributed by atoms with E-state index in [1.165, 1.54) is 11.3 Å². The Labute approximate surface area is 133 Å². The Morgan fingerprint density at radius 1 is 1.27 bits per heavy atom. The van der Waals surface area contributed by atoms with E-state index in [0.717, 1.165) is 5.56 Å². The van der Waals surface area contributed by atoms with Gasteiger partial charge in [0.1, 0.15) is 0 Å². The predicted octanol–water partition coefficient (Wildman–Crippen LogP) is 2.74. The van der Waals surface area contributed by atoms with Crippen molar-refractivity contribution in [1.29, 1.82) is 0 Å². The fraction of sp³-hybridized carbons (Fsp3) is 0.312. The van der Waals surface area contributed by atoms with Crippen LogP contribution in [0.3, 0.4) is 0 Å². The highest BCUT2D eigenvalue weighted by atomic mass is 32.1. The highest BCUT2D eigenvalue weighted by Gasteiger charge is 2.18. The number of amides is 1. The van der Waals surface area contributed by atoms with Crippen LogP contribution in [-0.2, 0) is 16.1 Å². The summed E-state index contributed by atoms with van der Waals surface area (Å²) in [6.07, 6.45) is 3.57. The third-order valence-corrected chi connectivity index (χ3v) is 3.89. The van der Waals surface area contributed by atoms with E-state index in [1.54, 1.807) is 30.3 Å². The number of esters is 1. The maximum atomic E-state index is 12.5. The molecule has 2 heterocycles. The van der Waals surface area contributed by atoms with Crippen LogP contribution in [0.1, 0.15) is 28.6 Å². The summed E-state index contributed by atoms with van der Waals surface area (Å²) in [7, 11) is 0. The normalized spacial score (nSPS) is 10.2. The Kier molecular flexibility index (Phi) is 6.09. The van der Waals surface area contributed by atoms with Crippen molar-refractivity contribution >= 4 is 23.2 Å². The van der Waals surface area contributed by atoms with Crippen LogP contribution < -0.4 is 0 Å². The number of carbonyl (C=O) groups is 2. The van der Waals surface area contributed by atoms with Crippen molar-refractivity contribution < 1.29 is 14.3 Å². The van der Waals surface area contributed by atoms with Crippen molar-refractivity contribution in [2.24, 2.45) is 0 Å². The molecule has 0 atom stereocenters. The third-order valence-electron chi connectivity index (χ3n) is 3.03. The van der Waals surface area contributed by atoms with Gasteiger partial charge in [0.2, 0.25) is 0 Å². The summed E-state index contributed by atoms with van der Waals surface area (Å²) in [6.45, 7) is 2.89. The van der Waals surface area contributed by atoms with Gasteiger partial charge in [0.25, 0.3) is 5.91 Å². The molecule has 0 aliphatic heterocycles. The van der Waals surface area contributed by atoms with Crippen LogP contribution in [-0.4, -0.2) is 34.9 Å². The van der Waals surface area contributed by atoms with E-state index in [9.17, 15) is 9.59 Å². The molecule has 0 unspecified atom stereocenters. The van der Waals surface area contributed by atoms with E-state index in [0.29, 0.717) is 24.6 Å². The molecule has 0 saturated heterocycles. The Hall–Kier alpha value is -2.21. The Morgan fingerprint density at radius 2 is 2.05 bits per heavy atom. The lowest BCUT2D eigenvalue weighted by Crippen LogP contribution is -2.32. The minimum atomic E-state index is -0.291. The summed E-state index contributed by atoms with van der Waals surface area (Å²) in [4.78, 5) is 30.4. The van der Waals surface area contributed by atoms with E-state index >= 15 is 0 Å². The molecule has 116 valence electrons. The topological polar surface area (TPSA) is 59.5 Å². The number of carbonyl (C=O) groups excluding carboxylic acids is 2. The minimum absolute atomic E-state index is 0.0730. The SMILES string of the molecule is CCOC(=O)CCN(Cc1ccncc1)C(=O)c1cccs1. The summed E-state index contributed by atoms with van der Waals surface area (Å²) in [6, 6.07) is 7.35. The van der Waals surface area contributed by atoms with Crippen molar-refractivity contribution in [3.8, 4) is 0 Å². The molecule has 0 aliphatic carbocycles. The Bertz CT molecular complexity index is 599. The summed E-state index contributed by atoms with van der Waals surface area (Å²) in [5.74, 6) is -0.364. The molecule has 6 heteroatoms. The second-order valence-electron chi connectivity index (χ2n) is 4.61. The van der Waals surface area contributed by atoms with Gasteiger partial charge in [-0.25, -0.2) is 0 Å². The minimum Gasteiger partial charge on any atom is -0.466 e. The molecule has 22 heavy (non-hydrogen) atoms. The summed E-state index contributed by atoms with van der Waals surface area (Å²) >= 11 is 1.39. The molecule has 0 saturated carbocycles. The van der Waals surface area contributed by atoms with Gasteiger partial charge in [0.05, 0.1) is 17.9 Å². The van der Waals surface area contributed by atoms with Crippen LogP contribution in [0, 0.1) is 0 Å². The van der Waals surface area contributed by atoms with Gasteiger partial charge >= 0.3 is 5.97 Å². The van der Waals surface area contributed by atoms with E-state index in [-0.39, 0.29) is 18.3 Å². The largest absolute Gasteiger partial charge is 0.466 e. The number of rotatable bonds is 7. The molecule has 2 aromatic heterocycles. The molecule has 0 bridgehead atoms. The van der Waals surface area contributed by atoms with Gasteiger partial charge in [-0.2, -0.15) is 0 Å². The number of hydrogen-bond acceptors (Lipinski definition) is 5. The monoisotopic (exact) mass is 318 g/mol. The first-order valence-corrected chi connectivity index (χ1v) is 7.96. The zero-order valence-electron chi connectivity index (χ0n) is 12.4. The molecule has 2 rings (SSSR count). The zero-order chi connectivity index (χ0) is 15.8. The number of pyridine rings is 1. The first-order valence-electron chi connectivity index (χ1n) is 7.08. The molecule has 2 aromatic rings. The predicted molar refractivity (Wildman–Crippen MR) is 84.5 cm³/mol. The van der Waals surface area contributed by atoms with Crippen LogP contribution >= 0.6 is 11.3 Å². The van der Waals surface area contributed by atoms with Crippen LogP contribution in [0.15, 0.2) is 42.0 Å². The van der Waals surface area contributed by atoms with Crippen LogP contribution in [0.5, 0.6) is 0 Å². The number of thiophene rings is 1. The van der Waals surface area contributed by atoms with Gasteiger partial charge in [0, 0.05) is 25.5 Å². The molecule has 0 fully saturated rings. The summed E-state index contributed by atoms with van der Waals surface area (Å²) in [5, 5.41) is 1.86. The van der Waals surface area contributed by atoms with Crippen LogP contribution in [0.4, 0.5) is 0 Å². The third kappa shape index (κ3) is 4.66. The van der Waals surface area contributed by atoms with Gasteiger partial charge in [0.15, 0.2) is 0 Å². The van der Waals surface area contributed by atoms with Crippen molar-refractivity contribution in [3.05, 3.63) is 52.5 Å². The molecule has 0 radical (unpaired) electrons. The van der Waals surface area contributed by atoms with Crippen LogP contribution in [0.2, 0.25) is 0 Å². The second kappa shape index (κ2) is 8.29. The fourth-order valence-electron chi connectivity index (χ4n) is 1.98. The zero-order valence-corrected chi connectivity index (χ0v) is 13.2. The fourth-order valence-corrected chi connectivity index (χ4v) is 2.67. The number of hydrogen-bond donors (Lipinski definition) is 0. The van der Waals surface area contributed by atoms with E-state index < -0.39 is 0 Å². The van der Waals surface area contributed by atoms with Gasteiger partial charge in [-0.1, -0.05) is 6.07 Å². The van der Waals surface area contributed by atoms with Crippen molar-refractivity contribution in [2.75, 3.05) is 13.2 Å². The lowest BCUT2D eigenvalue weighted by molar-refractivity contribution is -0.143. The van der Waals surface area contributed by atoms with E-state index in [2.05, 4.69) is 4.98 Å². The van der Waals surface area contributed by atoms with Crippen molar-refractivity contribution in [3.63, 3.8) is 0 Å². The Balaban J connectivity index is 2.06. The second-order valence-corrected chi connectivity index (χ2v) is 5.56. The van der Waals surface area contributed by atoms with Crippen molar-refractivity contribution in [2.45, 2.75) is 19.9 Å². The van der Waals surface area contributed by atoms with E-state index in [4.69, 9.17) is 4.74 Å². The average molecular weight is 318 g/mol. The van der Waals surface area contributed by atoms with Gasteiger partial charge in [-0.15, -0.1) is 11.3 Å². The quantitative estimate of drug-likeness (QED) is 0.737. The standard InChI is InChI=1S/C16H18N2O3S/c1-2-21-15(19)7-10-18(12-13-5-8-17-9-6-13)16(20)14-4-3-11-22-14/h3-6,8-9,11H,2,7,10,12H2,1H3. The average Bonchev–Trinajstić information content (AvgIpc) is 3.06. The van der Waals surface area contributed by atoms with Gasteiger partial charge < -0.3 is 9.64 Å². The van der Waals surface area contributed by atoms with E-state index in [1.807, 2.05) is 23.6 Å². The smallest absolute Gasteiger partial charge is 0.307 e. The lowest BCUT2D eigenvalue weighted by Gasteiger charge is -2.21. The molecule has 5 nitrogen and oxygen atoms in total. The molecule has 0 aromatic carbocycles. The molecule has 1 amide bonds. The molecule has 0 aliphatic rings. The first-order chi connectivity index (χ1) is 10.7. The first kappa shape index (κ1) is 16.2. The highest BCUT2D eigenvalue weighted by Crippen LogP contribution is 2.15. The maximum Gasteiger partial charge on any atom is 0.307 e. The molecular weight excluding hydrogens is 300 g/mol. The van der Waals surface area contributed by atoms with Gasteiger partial charge in [-0.3, -0.25) is 14.6 Å². The maximum absolute atomic E-state index is 12.5. The molecule has 0 spiro atoms. The highest BCUT2D eigenvalue weighted by molar-refractivity contribution is 7.12. The number of nitrogens with zero attached hydrogens (tertiary/aromatic N) is 2.